The van der Waals surface area contributed by atoms with Gasteiger partial charge in [-0.2, -0.15) is 5.10 Å². The summed E-state index contributed by atoms with van der Waals surface area (Å²) in [5, 5.41) is 10.8. The lowest BCUT2D eigenvalue weighted by Crippen LogP contribution is -2.46. The SMILES string of the molecule is CCc1c(C(=O)NC2CCNC(C)C2)cnn1-c1ccc(F)cc1. The zero-order valence-electron chi connectivity index (χ0n) is 14.1. The van der Waals surface area contributed by atoms with Crippen molar-refractivity contribution in [2.24, 2.45) is 0 Å². The van der Waals surface area contributed by atoms with Crippen LogP contribution in [0, 0.1) is 5.82 Å². The van der Waals surface area contributed by atoms with Crippen LogP contribution in [0.4, 0.5) is 4.39 Å². The van der Waals surface area contributed by atoms with E-state index in [0.29, 0.717) is 18.0 Å². The molecule has 1 saturated heterocycles. The molecule has 0 aliphatic carbocycles. The Labute approximate surface area is 141 Å². The number of carbonyl (C=O) groups excluding carboxylic acids is 1. The number of aromatic nitrogens is 2. The fourth-order valence-electron chi connectivity index (χ4n) is 3.23. The van der Waals surface area contributed by atoms with E-state index in [2.05, 4.69) is 22.7 Å². The Hall–Kier alpha value is -2.21. The summed E-state index contributed by atoms with van der Waals surface area (Å²) in [6.07, 6.45) is 4.13. The fraction of sp³-hybridized carbons (Fsp3) is 0.444. The van der Waals surface area contributed by atoms with E-state index < -0.39 is 0 Å². The molecule has 2 N–H and O–H groups in total. The van der Waals surface area contributed by atoms with Gasteiger partial charge in [-0.05, 0) is 57.0 Å². The molecule has 0 spiro atoms. The molecule has 1 aliphatic heterocycles. The van der Waals surface area contributed by atoms with Crippen molar-refractivity contribution in [3.05, 3.63) is 47.5 Å². The van der Waals surface area contributed by atoms with Crippen LogP contribution in [0.3, 0.4) is 0 Å². The topological polar surface area (TPSA) is 59.0 Å². The minimum absolute atomic E-state index is 0.0840. The summed E-state index contributed by atoms with van der Waals surface area (Å²) >= 11 is 0. The van der Waals surface area contributed by atoms with Crippen LogP contribution in [0.5, 0.6) is 0 Å². The largest absolute Gasteiger partial charge is 0.349 e. The lowest BCUT2D eigenvalue weighted by molar-refractivity contribution is 0.0924. The maximum atomic E-state index is 13.1. The van der Waals surface area contributed by atoms with E-state index >= 15 is 0 Å². The van der Waals surface area contributed by atoms with E-state index in [1.807, 2.05) is 6.92 Å². The van der Waals surface area contributed by atoms with Crippen LogP contribution in [0.2, 0.25) is 0 Å². The predicted molar refractivity (Wildman–Crippen MR) is 90.9 cm³/mol. The number of hydrogen-bond acceptors (Lipinski definition) is 3. The quantitative estimate of drug-likeness (QED) is 0.905. The van der Waals surface area contributed by atoms with E-state index in [0.717, 1.165) is 30.8 Å². The van der Waals surface area contributed by atoms with E-state index in [4.69, 9.17) is 0 Å². The van der Waals surface area contributed by atoms with Gasteiger partial charge in [-0.15, -0.1) is 0 Å². The molecule has 1 aliphatic rings. The Morgan fingerprint density at radius 3 is 2.83 bits per heavy atom. The van der Waals surface area contributed by atoms with Crippen LogP contribution in [-0.4, -0.2) is 34.3 Å². The van der Waals surface area contributed by atoms with Crippen molar-refractivity contribution >= 4 is 5.91 Å². The lowest BCUT2D eigenvalue weighted by Gasteiger charge is -2.28. The molecule has 2 atom stereocenters. The highest BCUT2D eigenvalue weighted by molar-refractivity contribution is 5.95. The van der Waals surface area contributed by atoms with E-state index in [-0.39, 0.29) is 17.8 Å². The van der Waals surface area contributed by atoms with Gasteiger partial charge in [0.15, 0.2) is 0 Å². The lowest BCUT2D eigenvalue weighted by atomic mass is 10.00. The van der Waals surface area contributed by atoms with Gasteiger partial charge in [-0.1, -0.05) is 6.92 Å². The van der Waals surface area contributed by atoms with Gasteiger partial charge >= 0.3 is 0 Å². The van der Waals surface area contributed by atoms with Crippen LogP contribution in [0.1, 0.15) is 42.7 Å². The van der Waals surface area contributed by atoms with Crippen molar-refractivity contribution in [2.45, 2.75) is 45.2 Å². The Morgan fingerprint density at radius 2 is 2.17 bits per heavy atom. The van der Waals surface area contributed by atoms with Gasteiger partial charge in [0.1, 0.15) is 5.82 Å². The van der Waals surface area contributed by atoms with Crippen LogP contribution >= 0.6 is 0 Å². The molecule has 5 nitrogen and oxygen atoms in total. The minimum atomic E-state index is -0.290. The molecule has 0 bridgehead atoms. The number of nitrogens with one attached hydrogen (secondary N) is 2. The number of piperidine rings is 1. The number of amides is 1. The molecular weight excluding hydrogens is 307 g/mol. The highest BCUT2D eigenvalue weighted by Gasteiger charge is 2.23. The summed E-state index contributed by atoms with van der Waals surface area (Å²) in [5.41, 5.74) is 2.18. The first-order valence-corrected chi connectivity index (χ1v) is 8.45. The van der Waals surface area contributed by atoms with E-state index in [9.17, 15) is 9.18 Å². The van der Waals surface area contributed by atoms with Gasteiger partial charge in [0, 0.05) is 12.1 Å². The second-order valence-corrected chi connectivity index (χ2v) is 6.30. The molecule has 1 amide bonds. The first kappa shape index (κ1) is 16.6. The van der Waals surface area contributed by atoms with Crippen molar-refractivity contribution in [2.75, 3.05) is 6.54 Å². The Morgan fingerprint density at radius 1 is 1.42 bits per heavy atom. The zero-order chi connectivity index (χ0) is 17.1. The van der Waals surface area contributed by atoms with Gasteiger partial charge in [-0.25, -0.2) is 9.07 Å². The molecule has 2 unspecified atom stereocenters. The summed E-state index contributed by atoms with van der Waals surface area (Å²) in [4.78, 5) is 12.7. The molecular formula is C18H23FN4O. The van der Waals surface area contributed by atoms with Crippen LogP contribution in [0.15, 0.2) is 30.5 Å². The first-order chi connectivity index (χ1) is 11.6. The summed E-state index contributed by atoms with van der Waals surface area (Å²) in [6.45, 7) is 5.03. The van der Waals surface area contributed by atoms with E-state index in [1.54, 1.807) is 23.0 Å². The number of halogens is 1. The number of hydrogen-bond donors (Lipinski definition) is 2. The maximum absolute atomic E-state index is 13.1. The molecule has 3 rings (SSSR count). The summed E-state index contributed by atoms with van der Waals surface area (Å²) < 4.78 is 14.8. The molecule has 0 radical (unpaired) electrons. The monoisotopic (exact) mass is 330 g/mol. The average molecular weight is 330 g/mol. The second kappa shape index (κ2) is 7.13. The van der Waals surface area contributed by atoms with Crippen molar-refractivity contribution in [1.82, 2.24) is 20.4 Å². The van der Waals surface area contributed by atoms with E-state index in [1.165, 1.54) is 12.1 Å². The summed E-state index contributed by atoms with van der Waals surface area (Å²) in [7, 11) is 0. The highest BCUT2D eigenvalue weighted by Crippen LogP contribution is 2.17. The molecule has 128 valence electrons. The Bertz CT molecular complexity index is 710. The van der Waals surface area contributed by atoms with Gasteiger partial charge in [-0.3, -0.25) is 4.79 Å². The van der Waals surface area contributed by atoms with Crippen molar-refractivity contribution in [3.8, 4) is 5.69 Å². The normalized spacial score (nSPS) is 20.8. The third-order valence-corrected chi connectivity index (χ3v) is 4.48. The highest BCUT2D eigenvalue weighted by atomic mass is 19.1. The van der Waals surface area contributed by atoms with Crippen LogP contribution in [0.25, 0.3) is 5.69 Å². The standard InChI is InChI=1S/C18H23FN4O/c1-3-17-16(18(24)22-14-8-9-20-12(2)10-14)11-21-23(17)15-6-4-13(19)5-7-15/h4-7,11-12,14,20H,3,8-10H2,1-2H3,(H,22,24). The fourth-order valence-corrected chi connectivity index (χ4v) is 3.23. The third kappa shape index (κ3) is 3.48. The number of benzene rings is 1. The minimum Gasteiger partial charge on any atom is -0.349 e. The van der Waals surface area contributed by atoms with Gasteiger partial charge in [0.25, 0.3) is 5.91 Å². The van der Waals surface area contributed by atoms with Crippen molar-refractivity contribution < 1.29 is 9.18 Å². The average Bonchev–Trinajstić information content (AvgIpc) is 2.99. The van der Waals surface area contributed by atoms with Gasteiger partial charge in [0.2, 0.25) is 0 Å². The third-order valence-electron chi connectivity index (χ3n) is 4.48. The predicted octanol–water partition coefficient (Wildman–Crippen LogP) is 2.44. The zero-order valence-corrected chi connectivity index (χ0v) is 14.1. The number of carbonyl (C=O) groups is 1. The molecule has 24 heavy (non-hydrogen) atoms. The maximum Gasteiger partial charge on any atom is 0.254 e. The smallest absolute Gasteiger partial charge is 0.254 e. The molecule has 1 fully saturated rings. The number of nitrogens with zero attached hydrogens (tertiary/aromatic N) is 2. The molecule has 0 saturated carbocycles. The van der Waals surface area contributed by atoms with Crippen molar-refractivity contribution in [3.63, 3.8) is 0 Å². The molecule has 6 heteroatoms. The molecule has 1 aromatic carbocycles. The summed E-state index contributed by atoms with van der Waals surface area (Å²) in [5.74, 6) is -0.374. The second-order valence-electron chi connectivity index (χ2n) is 6.30. The van der Waals surface area contributed by atoms with Gasteiger partial charge < -0.3 is 10.6 Å². The molecule has 1 aromatic heterocycles. The van der Waals surface area contributed by atoms with Crippen LogP contribution in [-0.2, 0) is 6.42 Å². The summed E-state index contributed by atoms with van der Waals surface area (Å²) in [6, 6.07) is 6.72. The first-order valence-electron chi connectivity index (χ1n) is 8.45. The van der Waals surface area contributed by atoms with Gasteiger partial charge in [0.05, 0.1) is 23.1 Å². The molecule has 2 aromatic rings. The Kier molecular flexibility index (Phi) is 4.94. The Balaban J connectivity index is 1.80. The number of rotatable bonds is 4. The molecule has 2 heterocycles. The van der Waals surface area contributed by atoms with Crippen LogP contribution < -0.4 is 10.6 Å². The van der Waals surface area contributed by atoms with Crippen molar-refractivity contribution in [1.29, 1.82) is 0 Å².